The molecule has 2 aromatic rings. The van der Waals surface area contributed by atoms with E-state index in [1.165, 1.54) is 19.2 Å². The average Bonchev–Trinajstić information content (AvgIpc) is 3.05. The van der Waals surface area contributed by atoms with Gasteiger partial charge >= 0.3 is 12.3 Å². The molecular weight excluding hydrogens is 465 g/mol. The van der Waals surface area contributed by atoms with Gasteiger partial charge in [-0.2, -0.15) is 18.3 Å². The minimum atomic E-state index is -4.77. The number of anilines is 1. The zero-order valence-corrected chi connectivity index (χ0v) is 19.2. The van der Waals surface area contributed by atoms with Gasteiger partial charge in [-0.1, -0.05) is 32.4 Å². The number of nitrogens with zero attached hydrogens (tertiary/aromatic N) is 3. The van der Waals surface area contributed by atoms with Crippen molar-refractivity contribution in [1.82, 2.24) is 14.7 Å². The summed E-state index contributed by atoms with van der Waals surface area (Å²) in [6, 6.07) is 4.54. The Morgan fingerprint density at radius 3 is 2.52 bits per heavy atom. The Hall–Kier alpha value is -2.95. The summed E-state index contributed by atoms with van der Waals surface area (Å²) in [5, 5.41) is 16.1. The number of nitrogens with one attached hydrogen (secondary N) is 1. The first-order chi connectivity index (χ1) is 15.2. The number of amides is 2. The molecule has 0 fully saturated rings. The number of rotatable bonds is 4. The van der Waals surface area contributed by atoms with Crippen molar-refractivity contribution in [3.63, 3.8) is 0 Å². The zero-order valence-electron chi connectivity index (χ0n) is 18.5. The van der Waals surface area contributed by atoms with Gasteiger partial charge in [-0.05, 0) is 23.6 Å². The Balaban J connectivity index is 2.03. The molecule has 1 aliphatic heterocycles. The molecule has 0 aliphatic carbocycles. The normalized spacial score (nSPS) is 16.4. The Bertz CT molecular complexity index is 1080. The van der Waals surface area contributed by atoms with E-state index in [1.54, 1.807) is 26.8 Å². The number of alkyl halides is 3. The quantitative estimate of drug-likeness (QED) is 0.642. The van der Waals surface area contributed by atoms with Crippen LogP contribution in [0.25, 0.3) is 0 Å². The van der Waals surface area contributed by atoms with Gasteiger partial charge in [0.1, 0.15) is 12.3 Å². The molecule has 180 valence electrons. The van der Waals surface area contributed by atoms with Gasteiger partial charge in [-0.25, -0.2) is 4.79 Å². The molecule has 0 saturated heterocycles. The summed E-state index contributed by atoms with van der Waals surface area (Å²) in [4.78, 5) is 25.4. The summed E-state index contributed by atoms with van der Waals surface area (Å²) in [5.74, 6) is -1.12. The predicted molar refractivity (Wildman–Crippen MR) is 114 cm³/mol. The van der Waals surface area contributed by atoms with E-state index >= 15 is 0 Å². The number of hydrogen-bond donors (Lipinski definition) is 2. The standard InChI is InChI=1S/C21H24ClF3N4O4/c1-20(2,3)12-8-28(19(31)32)9-14-17(12)18(21(23,24)25)27-29(14)10-16(30)26-13-7-11(22)5-6-15(13)33-4/h5-7,12H,8-10H2,1-4H3,(H,26,30)(H,31,32). The first kappa shape index (κ1) is 24.7. The highest BCUT2D eigenvalue weighted by atomic mass is 35.5. The van der Waals surface area contributed by atoms with Crippen molar-refractivity contribution >= 4 is 29.3 Å². The molecule has 1 atom stereocenters. The lowest BCUT2D eigenvalue weighted by Gasteiger charge is -2.39. The van der Waals surface area contributed by atoms with Crippen LogP contribution in [0.15, 0.2) is 18.2 Å². The van der Waals surface area contributed by atoms with Crippen LogP contribution in [-0.2, 0) is 24.1 Å². The molecule has 1 aliphatic rings. The molecule has 0 bridgehead atoms. The maximum atomic E-state index is 13.9. The van der Waals surface area contributed by atoms with Crippen LogP contribution in [0, 0.1) is 5.41 Å². The van der Waals surface area contributed by atoms with E-state index in [9.17, 15) is 27.9 Å². The van der Waals surface area contributed by atoms with Gasteiger partial charge in [0.2, 0.25) is 5.91 Å². The van der Waals surface area contributed by atoms with Crippen LogP contribution in [0.1, 0.15) is 43.6 Å². The van der Waals surface area contributed by atoms with Gasteiger partial charge in [0.05, 0.1) is 25.0 Å². The second kappa shape index (κ2) is 8.77. The summed E-state index contributed by atoms with van der Waals surface area (Å²) >= 11 is 5.96. The maximum absolute atomic E-state index is 13.9. The molecule has 33 heavy (non-hydrogen) atoms. The Labute approximate surface area is 193 Å². The van der Waals surface area contributed by atoms with Crippen LogP contribution in [0.4, 0.5) is 23.7 Å². The van der Waals surface area contributed by atoms with E-state index in [4.69, 9.17) is 16.3 Å². The van der Waals surface area contributed by atoms with Crippen LogP contribution in [-0.4, -0.2) is 45.4 Å². The molecule has 1 unspecified atom stereocenters. The lowest BCUT2D eigenvalue weighted by atomic mass is 9.73. The number of ether oxygens (including phenoxy) is 1. The van der Waals surface area contributed by atoms with Gasteiger partial charge in [-0.3, -0.25) is 9.48 Å². The van der Waals surface area contributed by atoms with E-state index in [0.29, 0.717) is 10.8 Å². The maximum Gasteiger partial charge on any atom is 0.435 e. The van der Waals surface area contributed by atoms with Gasteiger partial charge in [0.15, 0.2) is 5.69 Å². The number of hydrogen-bond acceptors (Lipinski definition) is 4. The van der Waals surface area contributed by atoms with E-state index in [-0.39, 0.29) is 30.0 Å². The summed E-state index contributed by atoms with van der Waals surface area (Å²) in [6.45, 7) is 4.24. The third-order valence-electron chi connectivity index (χ3n) is 5.50. The number of fused-ring (bicyclic) bond motifs is 1. The van der Waals surface area contributed by atoms with Crippen molar-refractivity contribution in [3.05, 3.63) is 40.2 Å². The largest absolute Gasteiger partial charge is 0.495 e. The monoisotopic (exact) mass is 488 g/mol. The fraction of sp³-hybridized carbons (Fsp3) is 0.476. The van der Waals surface area contributed by atoms with Crippen molar-refractivity contribution in [3.8, 4) is 5.75 Å². The number of benzene rings is 1. The molecular formula is C21H24ClF3N4O4. The number of methoxy groups -OCH3 is 1. The number of halogens is 4. The lowest BCUT2D eigenvalue weighted by Crippen LogP contribution is -2.42. The minimum absolute atomic E-state index is 0.0455. The smallest absolute Gasteiger partial charge is 0.435 e. The Kier molecular flexibility index (Phi) is 6.56. The van der Waals surface area contributed by atoms with Crippen molar-refractivity contribution in [2.24, 2.45) is 5.41 Å². The Morgan fingerprint density at radius 1 is 1.30 bits per heavy atom. The van der Waals surface area contributed by atoms with Crippen molar-refractivity contribution in [2.75, 3.05) is 19.0 Å². The molecule has 2 heterocycles. The molecule has 8 nitrogen and oxygen atoms in total. The highest BCUT2D eigenvalue weighted by molar-refractivity contribution is 6.31. The highest BCUT2D eigenvalue weighted by Gasteiger charge is 2.47. The fourth-order valence-corrected chi connectivity index (χ4v) is 4.07. The molecule has 2 amide bonds. The second-order valence-corrected chi connectivity index (χ2v) is 9.28. The number of carbonyl (C=O) groups is 2. The van der Waals surface area contributed by atoms with Crippen LogP contribution in [0.5, 0.6) is 5.75 Å². The van der Waals surface area contributed by atoms with Crippen LogP contribution in [0.2, 0.25) is 5.02 Å². The summed E-state index contributed by atoms with van der Waals surface area (Å²) in [5.41, 5.74) is -1.57. The van der Waals surface area contributed by atoms with Crippen LogP contribution < -0.4 is 10.1 Å². The van der Waals surface area contributed by atoms with Crippen molar-refractivity contribution in [1.29, 1.82) is 0 Å². The van der Waals surface area contributed by atoms with E-state index in [2.05, 4.69) is 10.4 Å². The molecule has 1 aromatic carbocycles. The van der Waals surface area contributed by atoms with Crippen LogP contribution >= 0.6 is 11.6 Å². The summed E-state index contributed by atoms with van der Waals surface area (Å²) < 4.78 is 47.8. The predicted octanol–water partition coefficient (Wildman–Crippen LogP) is 4.83. The highest BCUT2D eigenvalue weighted by Crippen LogP contribution is 2.46. The third-order valence-corrected chi connectivity index (χ3v) is 5.74. The fourth-order valence-electron chi connectivity index (χ4n) is 3.90. The minimum Gasteiger partial charge on any atom is -0.495 e. The molecule has 3 rings (SSSR count). The molecule has 1 aromatic heterocycles. The SMILES string of the molecule is COc1ccc(Cl)cc1NC(=O)Cn1nc(C(F)(F)F)c2c1CN(C(=O)O)CC2C(C)(C)C. The summed E-state index contributed by atoms with van der Waals surface area (Å²) in [6.07, 6.45) is -6.03. The summed E-state index contributed by atoms with van der Waals surface area (Å²) in [7, 11) is 1.39. The van der Waals surface area contributed by atoms with E-state index in [1.807, 2.05) is 0 Å². The van der Waals surface area contributed by atoms with Crippen molar-refractivity contribution in [2.45, 2.75) is 46.0 Å². The average molecular weight is 489 g/mol. The van der Waals surface area contributed by atoms with Gasteiger partial charge in [0, 0.05) is 23.0 Å². The molecule has 0 saturated carbocycles. The first-order valence-corrected chi connectivity index (χ1v) is 10.4. The van der Waals surface area contributed by atoms with E-state index < -0.39 is 41.7 Å². The van der Waals surface area contributed by atoms with Gasteiger partial charge in [0.25, 0.3) is 0 Å². The molecule has 0 spiro atoms. The number of aromatic nitrogens is 2. The Morgan fingerprint density at radius 2 is 1.97 bits per heavy atom. The first-order valence-electron chi connectivity index (χ1n) is 10.0. The molecule has 0 radical (unpaired) electrons. The second-order valence-electron chi connectivity index (χ2n) is 8.84. The van der Waals surface area contributed by atoms with Gasteiger partial charge in [-0.15, -0.1) is 0 Å². The molecule has 2 N–H and O–H groups in total. The molecule has 12 heteroatoms. The van der Waals surface area contributed by atoms with Gasteiger partial charge < -0.3 is 20.1 Å². The van der Waals surface area contributed by atoms with E-state index in [0.717, 1.165) is 9.58 Å². The topological polar surface area (TPSA) is 96.7 Å². The number of carbonyl (C=O) groups excluding carboxylic acids is 1. The van der Waals surface area contributed by atoms with Crippen LogP contribution in [0.3, 0.4) is 0 Å². The third kappa shape index (κ3) is 5.18. The van der Waals surface area contributed by atoms with Crippen molar-refractivity contribution < 1.29 is 32.6 Å². The number of carboxylic acid groups (broad SMARTS) is 1. The zero-order chi connectivity index (χ0) is 24.7. The lowest BCUT2D eigenvalue weighted by molar-refractivity contribution is -0.142.